The first-order valence-corrected chi connectivity index (χ1v) is 34.9. The third-order valence-corrected chi connectivity index (χ3v) is 15.5. The van der Waals surface area contributed by atoms with Gasteiger partial charge in [0.1, 0.15) is 19.3 Å². The zero-order valence-corrected chi connectivity index (χ0v) is 54.0. The molecule has 0 aromatic carbocycles. The number of quaternary nitrogens is 1. The van der Waals surface area contributed by atoms with E-state index in [-0.39, 0.29) is 37.9 Å². The molecule has 0 saturated carbocycles. The zero-order chi connectivity index (χ0) is 58.6. The number of carbonyl (C=O) groups excluding carboxylic acids is 2. The van der Waals surface area contributed by atoms with E-state index >= 15 is 0 Å². The molecule has 0 spiro atoms. The average Bonchev–Trinajstić information content (AvgIpc) is 3.42. The number of carbonyl (C=O) groups is 2. The molecule has 0 aromatic heterocycles. The number of allylic oxidation sites excluding steroid dienone is 13. The SMILES string of the molecule is CCCCC/C=C\C/C=C\C/C=C\C/C=C\CCCC(=O)NC(COP(=O)(O)OCC[N+](C)(C)C)C(/C=C\CCCCCCCCCCCC)OC(=O)CCCCCCCCCCCCCCCCC/C=C\C/C=C\CCCCC. The molecule has 0 heterocycles. The fourth-order valence-corrected chi connectivity index (χ4v) is 10.1. The van der Waals surface area contributed by atoms with Crippen LogP contribution >= 0.6 is 7.82 Å². The Morgan fingerprint density at radius 1 is 0.438 bits per heavy atom. The Morgan fingerprint density at radius 2 is 0.775 bits per heavy atom. The summed E-state index contributed by atoms with van der Waals surface area (Å²) in [6.45, 7) is 6.93. The number of phosphoric acid groups is 1. The third kappa shape index (κ3) is 59.8. The Labute approximate surface area is 495 Å². The van der Waals surface area contributed by atoms with Crippen molar-refractivity contribution in [2.75, 3.05) is 40.9 Å². The summed E-state index contributed by atoms with van der Waals surface area (Å²) in [5, 5.41) is 3.03. The molecule has 3 atom stereocenters. The van der Waals surface area contributed by atoms with E-state index in [0.717, 1.165) is 70.6 Å². The third-order valence-electron chi connectivity index (χ3n) is 14.6. The van der Waals surface area contributed by atoms with Crippen LogP contribution in [-0.4, -0.2) is 74.3 Å². The molecule has 0 saturated heterocycles. The molecule has 464 valence electrons. The summed E-state index contributed by atoms with van der Waals surface area (Å²) < 4.78 is 30.7. The van der Waals surface area contributed by atoms with Crippen LogP contribution in [0.1, 0.15) is 297 Å². The van der Waals surface area contributed by atoms with Crippen LogP contribution in [0.25, 0.3) is 0 Å². The quantitative estimate of drug-likeness (QED) is 0.0205. The highest BCUT2D eigenvalue weighted by molar-refractivity contribution is 7.47. The first-order chi connectivity index (χ1) is 38.9. The van der Waals surface area contributed by atoms with E-state index in [9.17, 15) is 19.0 Å². The van der Waals surface area contributed by atoms with Gasteiger partial charge in [0.2, 0.25) is 5.91 Å². The van der Waals surface area contributed by atoms with E-state index in [1.54, 1.807) is 0 Å². The molecule has 10 heteroatoms. The van der Waals surface area contributed by atoms with Gasteiger partial charge in [-0.15, -0.1) is 0 Å². The predicted octanol–water partition coefficient (Wildman–Crippen LogP) is 21.0. The molecule has 0 radical (unpaired) electrons. The van der Waals surface area contributed by atoms with Crippen LogP contribution in [0.15, 0.2) is 85.1 Å². The van der Waals surface area contributed by atoms with Crippen LogP contribution in [-0.2, 0) is 27.9 Å². The van der Waals surface area contributed by atoms with Crippen molar-refractivity contribution in [1.29, 1.82) is 0 Å². The van der Waals surface area contributed by atoms with Crippen molar-refractivity contribution >= 4 is 19.7 Å². The maximum atomic E-state index is 13.5. The first kappa shape index (κ1) is 77.2. The van der Waals surface area contributed by atoms with Gasteiger partial charge in [-0.1, -0.05) is 267 Å². The van der Waals surface area contributed by atoms with E-state index in [1.807, 2.05) is 33.3 Å². The number of unbranched alkanes of at least 4 members (excludes halogenated alkanes) is 32. The van der Waals surface area contributed by atoms with Gasteiger partial charge in [0.15, 0.2) is 0 Å². The van der Waals surface area contributed by atoms with Crippen LogP contribution in [0.2, 0.25) is 0 Å². The van der Waals surface area contributed by atoms with E-state index in [4.69, 9.17) is 13.8 Å². The van der Waals surface area contributed by atoms with Crippen LogP contribution in [0, 0.1) is 0 Å². The molecule has 0 bridgehead atoms. The smallest absolute Gasteiger partial charge is 0.456 e. The van der Waals surface area contributed by atoms with E-state index < -0.39 is 20.0 Å². The Balaban J connectivity index is 5.16. The second kappa shape index (κ2) is 59.4. The molecule has 1 amide bonds. The second-order valence-corrected chi connectivity index (χ2v) is 25.1. The molecule has 0 aliphatic carbocycles. The molecular weight excluding hydrogens is 1010 g/mol. The minimum Gasteiger partial charge on any atom is -0.456 e. The van der Waals surface area contributed by atoms with Gasteiger partial charge in [0.05, 0.1) is 33.8 Å². The van der Waals surface area contributed by atoms with E-state index in [1.165, 1.54) is 186 Å². The second-order valence-electron chi connectivity index (χ2n) is 23.6. The number of rotatable bonds is 60. The fourth-order valence-electron chi connectivity index (χ4n) is 9.38. The molecular formula is C70H128N2O7P+. The van der Waals surface area contributed by atoms with Crippen molar-refractivity contribution < 1.29 is 37.3 Å². The topological polar surface area (TPSA) is 111 Å². The zero-order valence-electron chi connectivity index (χ0n) is 53.1. The van der Waals surface area contributed by atoms with Crippen molar-refractivity contribution in [2.24, 2.45) is 0 Å². The van der Waals surface area contributed by atoms with E-state index in [2.05, 4.69) is 99.0 Å². The lowest BCUT2D eigenvalue weighted by Crippen LogP contribution is -2.47. The molecule has 2 N–H and O–H groups in total. The minimum absolute atomic E-state index is 0.0279. The fraction of sp³-hybridized carbons (Fsp3) is 0.771. The van der Waals surface area contributed by atoms with Gasteiger partial charge in [-0.2, -0.15) is 0 Å². The molecule has 0 rings (SSSR count). The van der Waals surface area contributed by atoms with Crippen molar-refractivity contribution in [2.45, 2.75) is 309 Å². The molecule has 80 heavy (non-hydrogen) atoms. The maximum Gasteiger partial charge on any atom is 0.472 e. The number of nitrogens with one attached hydrogen (secondary N) is 1. The number of amides is 1. The van der Waals surface area contributed by atoms with Gasteiger partial charge >= 0.3 is 13.8 Å². The molecule has 0 aromatic rings. The summed E-state index contributed by atoms with van der Waals surface area (Å²) in [7, 11) is 1.46. The van der Waals surface area contributed by atoms with Crippen LogP contribution < -0.4 is 5.32 Å². The van der Waals surface area contributed by atoms with Gasteiger partial charge in [0.25, 0.3) is 0 Å². The summed E-state index contributed by atoms with van der Waals surface area (Å²) in [6.07, 6.45) is 78.9. The predicted molar refractivity (Wildman–Crippen MR) is 346 cm³/mol. The van der Waals surface area contributed by atoms with Crippen molar-refractivity contribution in [3.05, 3.63) is 85.1 Å². The van der Waals surface area contributed by atoms with Gasteiger partial charge in [0, 0.05) is 12.8 Å². The molecule has 0 aliphatic rings. The lowest BCUT2D eigenvalue weighted by molar-refractivity contribution is -0.870. The summed E-state index contributed by atoms with van der Waals surface area (Å²) in [5.41, 5.74) is 0. The Morgan fingerprint density at radius 3 is 1.19 bits per heavy atom. The summed E-state index contributed by atoms with van der Waals surface area (Å²) in [4.78, 5) is 37.8. The molecule has 3 unspecified atom stereocenters. The molecule has 0 aliphatic heterocycles. The highest BCUT2D eigenvalue weighted by Crippen LogP contribution is 2.43. The summed E-state index contributed by atoms with van der Waals surface area (Å²) >= 11 is 0. The number of hydrogen-bond acceptors (Lipinski definition) is 6. The lowest BCUT2D eigenvalue weighted by Gasteiger charge is -2.27. The number of likely N-dealkylation sites (N-methyl/N-ethyl adjacent to an activating group) is 1. The number of phosphoric ester groups is 1. The number of nitrogens with zero attached hydrogens (tertiary/aromatic N) is 1. The van der Waals surface area contributed by atoms with Crippen molar-refractivity contribution in [1.82, 2.24) is 5.32 Å². The van der Waals surface area contributed by atoms with Gasteiger partial charge in [-0.05, 0) is 102 Å². The number of hydrogen-bond donors (Lipinski definition) is 2. The van der Waals surface area contributed by atoms with Gasteiger partial charge in [-0.25, -0.2) is 4.57 Å². The van der Waals surface area contributed by atoms with Gasteiger partial charge in [-0.3, -0.25) is 18.6 Å². The highest BCUT2D eigenvalue weighted by Gasteiger charge is 2.30. The molecule has 0 fully saturated rings. The summed E-state index contributed by atoms with van der Waals surface area (Å²) in [5.74, 6) is -0.566. The first-order valence-electron chi connectivity index (χ1n) is 33.4. The lowest BCUT2D eigenvalue weighted by atomic mass is 10.0. The number of esters is 1. The Hall–Kier alpha value is -2.81. The van der Waals surface area contributed by atoms with Crippen LogP contribution in [0.4, 0.5) is 0 Å². The maximum absolute atomic E-state index is 13.5. The van der Waals surface area contributed by atoms with Gasteiger partial charge < -0.3 is 19.4 Å². The largest absolute Gasteiger partial charge is 0.472 e. The number of ether oxygens (including phenoxy) is 1. The normalized spacial score (nSPS) is 14.1. The highest BCUT2D eigenvalue weighted by atomic mass is 31.2. The summed E-state index contributed by atoms with van der Waals surface area (Å²) in [6, 6.07) is -0.880. The monoisotopic (exact) mass is 1140 g/mol. The van der Waals surface area contributed by atoms with Crippen LogP contribution in [0.5, 0.6) is 0 Å². The van der Waals surface area contributed by atoms with Crippen LogP contribution in [0.3, 0.4) is 0 Å². The van der Waals surface area contributed by atoms with Crippen molar-refractivity contribution in [3.63, 3.8) is 0 Å². The molecule has 9 nitrogen and oxygen atoms in total. The standard InChI is InChI=1S/C70H127N2O7P/c1-7-10-13-16-19-22-25-28-30-32-33-34-35-36-37-38-39-41-43-45-48-51-54-57-60-63-70(74)79-68(61-58-55-52-49-46-27-24-21-18-15-12-9-3)67(66-78-80(75,76)77-65-64-72(4,5)6)71-69(73)62-59-56-53-50-47-44-42-40-31-29-26-23-20-17-14-11-8-2/h19-20,22-23,28-31,42,44,50,53,58,61,67-68H,7-18,21,24-27,32-41,43,45-49,51-52,54-57,59-60,62-66H2,1-6H3,(H-,71,73,75,76)/p+1/b22-19-,23-20-,30-28-,31-29-,44-42-,53-50-,61-58-. The van der Waals surface area contributed by atoms with E-state index in [0.29, 0.717) is 17.4 Å². The van der Waals surface area contributed by atoms with Crippen molar-refractivity contribution in [3.8, 4) is 0 Å². The minimum atomic E-state index is -4.47. The Kier molecular flexibility index (Phi) is 57.3. The average molecular weight is 1140 g/mol. The Bertz CT molecular complexity index is 1640.